The highest BCUT2D eigenvalue weighted by Gasteiger charge is 2.03. The number of aldehydes is 1. The summed E-state index contributed by atoms with van der Waals surface area (Å²) in [7, 11) is 1.54. The number of nitrogens with two attached hydrogens (primary N) is 1. The number of guanidine groups is 1. The predicted molar refractivity (Wildman–Crippen MR) is 45.1 cm³/mol. The summed E-state index contributed by atoms with van der Waals surface area (Å²) in [6.45, 7) is 0. The van der Waals surface area contributed by atoms with Crippen LogP contribution in [0.4, 0.5) is 5.82 Å². The molecule has 0 aliphatic heterocycles. The van der Waals surface area contributed by atoms with Gasteiger partial charge >= 0.3 is 0 Å². The van der Waals surface area contributed by atoms with E-state index >= 15 is 0 Å². The van der Waals surface area contributed by atoms with Gasteiger partial charge in [0.1, 0.15) is 5.69 Å². The van der Waals surface area contributed by atoms with E-state index in [4.69, 9.17) is 5.73 Å². The molecule has 64 valence electrons. The van der Waals surface area contributed by atoms with Gasteiger partial charge in [-0.05, 0) is 0 Å². The molecule has 0 atom stereocenters. The van der Waals surface area contributed by atoms with Crippen LogP contribution in [0.5, 0.6) is 0 Å². The molecule has 0 fully saturated rings. The van der Waals surface area contributed by atoms with Crippen molar-refractivity contribution in [2.75, 3.05) is 12.4 Å². The van der Waals surface area contributed by atoms with Crippen molar-refractivity contribution >= 4 is 18.1 Å². The van der Waals surface area contributed by atoms with E-state index in [0.29, 0.717) is 17.8 Å². The first-order chi connectivity index (χ1) is 5.77. The summed E-state index contributed by atoms with van der Waals surface area (Å²) in [4.78, 5) is 20.5. The van der Waals surface area contributed by atoms with Crippen LogP contribution in [0.3, 0.4) is 0 Å². The number of nitrogens with one attached hydrogen (secondary N) is 2. The molecule has 0 radical (unpaired) electrons. The van der Waals surface area contributed by atoms with Crippen LogP contribution in [0.2, 0.25) is 0 Å². The van der Waals surface area contributed by atoms with E-state index in [1.165, 1.54) is 13.4 Å². The topological polar surface area (TPSA) is 96.2 Å². The molecule has 0 unspecified atom stereocenters. The highest BCUT2D eigenvalue weighted by molar-refractivity contribution is 5.95. The van der Waals surface area contributed by atoms with Crippen LogP contribution in [0.25, 0.3) is 0 Å². The van der Waals surface area contributed by atoms with Crippen molar-refractivity contribution in [1.29, 1.82) is 0 Å². The Morgan fingerprint density at radius 1 is 1.92 bits per heavy atom. The summed E-state index contributed by atoms with van der Waals surface area (Å²) in [6.07, 6.45) is 2.05. The third-order valence-electron chi connectivity index (χ3n) is 1.27. The molecule has 1 heterocycles. The van der Waals surface area contributed by atoms with Gasteiger partial charge in [-0.15, -0.1) is 0 Å². The lowest BCUT2D eigenvalue weighted by Gasteiger charge is -1.99. The molecule has 4 N–H and O–H groups in total. The van der Waals surface area contributed by atoms with Crippen molar-refractivity contribution in [3.63, 3.8) is 0 Å². The van der Waals surface area contributed by atoms with Gasteiger partial charge < -0.3 is 16.0 Å². The zero-order valence-electron chi connectivity index (χ0n) is 6.53. The lowest BCUT2D eigenvalue weighted by atomic mass is 10.5. The Bertz CT molecular complexity index is 303. The second-order valence-electron chi connectivity index (χ2n) is 2.02. The maximum atomic E-state index is 10.4. The Morgan fingerprint density at radius 2 is 2.67 bits per heavy atom. The maximum absolute atomic E-state index is 10.4. The Balaban J connectivity index is 2.81. The van der Waals surface area contributed by atoms with Crippen molar-refractivity contribution in [3.05, 3.63) is 12.0 Å². The van der Waals surface area contributed by atoms with E-state index in [9.17, 15) is 4.79 Å². The van der Waals surface area contributed by atoms with E-state index in [1.54, 1.807) is 0 Å². The van der Waals surface area contributed by atoms with Gasteiger partial charge in [0.2, 0.25) is 0 Å². The van der Waals surface area contributed by atoms with Crippen LogP contribution in [-0.2, 0) is 0 Å². The molecular formula is C6H9N5O. The Hall–Kier alpha value is -1.85. The summed E-state index contributed by atoms with van der Waals surface area (Å²) in [5.74, 6) is 0.596. The normalized spacial score (nSPS) is 11.2. The summed E-state index contributed by atoms with van der Waals surface area (Å²) in [6, 6.07) is 0. The molecule has 12 heavy (non-hydrogen) atoms. The van der Waals surface area contributed by atoms with E-state index in [-0.39, 0.29) is 5.96 Å². The molecule has 1 aromatic heterocycles. The number of hydrogen-bond acceptors (Lipinski definition) is 3. The molecule has 0 bridgehead atoms. The largest absolute Gasteiger partial charge is 0.370 e. The second-order valence-corrected chi connectivity index (χ2v) is 2.02. The molecule has 1 aromatic rings. The Kier molecular flexibility index (Phi) is 2.42. The van der Waals surface area contributed by atoms with E-state index in [0.717, 1.165) is 0 Å². The average molecular weight is 167 g/mol. The van der Waals surface area contributed by atoms with Gasteiger partial charge in [-0.3, -0.25) is 9.79 Å². The highest BCUT2D eigenvalue weighted by atomic mass is 16.1. The molecule has 0 aromatic carbocycles. The minimum Gasteiger partial charge on any atom is -0.370 e. The first kappa shape index (κ1) is 8.25. The molecule has 0 amide bonds. The van der Waals surface area contributed by atoms with Crippen LogP contribution in [-0.4, -0.2) is 29.3 Å². The third-order valence-corrected chi connectivity index (χ3v) is 1.27. The average Bonchev–Trinajstić information content (AvgIpc) is 2.51. The number of hydrogen-bond donors (Lipinski definition) is 3. The van der Waals surface area contributed by atoms with Crippen molar-refractivity contribution < 1.29 is 4.79 Å². The summed E-state index contributed by atoms with van der Waals surface area (Å²) >= 11 is 0. The van der Waals surface area contributed by atoms with Crippen molar-refractivity contribution in [1.82, 2.24) is 9.97 Å². The zero-order chi connectivity index (χ0) is 8.97. The fourth-order valence-corrected chi connectivity index (χ4v) is 0.671. The second kappa shape index (κ2) is 3.51. The number of imidazole rings is 1. The molecule has 6 nitrogen and oxygen atoms in total. The minimum absolute atomic E-state index is 0.213. The van der Waals surface area contributed by atoms with E-state index in [2.05, 4.69) is 20.3 Å². The third kappa shape index (κ3) is 1.60. The lowest BCUT2D eigenvalue weighted by Crippen LogP contribution is -2.22. The maximum Gasteiger partial charge on any atom is 0.194 e. The van der Waals surface area contributed by atoms with Crippen LogP contribution in [0.15, 0.2) is 11.3 Å². The van der Waals surface area contributed by atoms with Crippen LogP contribution in [0, 0.1) is 0 Å². The molecule has 0 saturated carbocycles. The first-order valence-corrected chi connectivity index (χ1v) is 3.25. The predicted octanol–water partition coefficient (Wildman–Crippen LogP) is -0.421. The van der Waals surface area contributed by atoms with Gasteiger partial charge in [-0.1, -0.05) is 0 Å². The first-order valence-electron chi connectivity index (χ1n) is 3.25. The Morgan fingerprint density at radius 3 is 3.25 bits per heavy atom. The number of aliphatic imine (C=N–C) groups is 1. The quantitative estimate of drug-likeness (QED) is 0.316. The molecule has 6 heteroatoms. The lowest BCUT2D eigenvalue weighted by molar-refractivity contribution is 0.112. The molecule has 0 aliphatic rings. The van der Waals surface area contributed by atoms with E-state index in [1.807, 2.05) is 0 Å². The van der Waals surface area contributed by atoms with Gasteiger partial charge in [0, 0.05) is 7.05 Å². The SMILES string of the molecule is CN=C(N)Nc1nc[nH]c1C=O. The highest BCUT2D eigenvalue weighted by Crippen LogP contribution is 2.04. The summed E-state index contributed by atoms with van der Waals surface area (Å²) in [5, 5.41) is 2.65. The summed E-state index contributed by atoms with van der Waals surface area (Å²) < 4.78 is 0. The van der Waals surface area contributed by atoms with Gasteiger partial charge in [-0.2, -0.15) is 0 Å². The Labute approximate surface area is 68.9 Å². The fourth-order valence-electron chi connectivity index (χ4n) is 0.671. The number of aromatic nitrogens is 2. The number of rotatable bonds is 2. The number of carbonyl (C=O) groups is 1. The van der Waals surface area contributed by atoms with Crippen LogP contribution >= 0.6 is 0 Å². The number of nitrogens with zero attached hydrogens (tertiary/aromatic N) is 2. The van der Waals surface area contributed by atoms with Crippen LogP contribution in [0.1, 0.15) is 10.5 Å². The van der Waals surface area contributed by atoms with Crippen LogP contribution < -0.4 is 11.1 Å². The zero-order valence-corrected chi connectivity index (χ0v) is 6.53. The van der Waals surface area contributed by atoms with Crippen molar-refractivity contribution in [2.24, 2.45) is 10.7 Å². The number of H-pyrrole nitrogens is 1. The monoisotopic (exact) mass is 167 g/mol. The molecule has 0 saturated heterocycles. The minimum atomic E-state index is 0.213. The van der Waals surface area contributed by atoms with Gasteiger partial charge in [0.25, 0.3) is 0 Å². The van der Waals surface area contributed by atoms with Gasteiger partial charge in [-0.25, -0.2) is 4.98 Å². The molecule has 1 rings (SSSR count). The molecule has 0 aliphatic carbocycles. The van der Waals surface area contributed by atoms with E-state index < -0.39 is 0 Å². The molecule has 0 spiro atoms. The number of carbonyl (C=O) groups excluding carboxylic acids is 1. The standard InChI is InChI=1S/C6H9N5O/c1-8-6(7)11-5-4(2-12)9-3-10-5/h2-3H,1H3,(H,9,10)(H3,7,8,11). The summed E-state index contributed by atoms with van der Waals surface area (Å²) in [5.41, 5.74) is 5.71. The van der Waals surface area contributed by atoms with Crippen molar-refractivity contribution in [2.45, 2.75) is 0 Å². The fraction of sp³-hybridized carbons (Fsp3) is 0.167. The number of aromatic amines is 1. The number of anilines is 1. The van der Waals surface area contributed by atoms with Crippen molar-refractivity contribution in [3.8, 4) is 0 Å². The molecular weight excluding hydrogens is 158 g/mol. The smallest absolute Gasteiger partial charge is 0.194 e. The van der Waals surface area contributed by atoms with Gasteiger partial charge in [0.15, 0.2) is 18.1 Å². The van der Waals surface area contributed by atoms with Gasteiger partial charge in [0.05, 0.1) is 6.33 Å².